The molecule has 0 aliphatic carbocycles. The summed E-state index contributed by atoms with van der Waals surface area (Å²) in [6, 6.07) is -1.01. The van der Waals surface area contributed by atoms with Crippen LogP contribution in [0.15, 0.2) is 0 Å². The molecule has 4 N–H and O–H groups in total. The third-order valence-electron chi connectivity index (χ3n) is 1.84. The zero-order chi connectivity index (χ0) is 11.0. The smallest absolute Gasteiger partial charge is 0.322 e. The monoisotopic (exact) mass is 202 g/mol. The van der Waals surface area contributed by atoms with Crippen molar-refractivity contribution in [3.63, 3.8) is 0 Å². The molecule has 0 fully saturated rings. The zero-order valence-electron chi connectivity index (χ0n) is 8.45. The van der Waals surface area contributed by atoms with Crippen molar-refractivity contribution in [1.29, 1.82) is 0 Å². The number of nitrogens with two attached hydrogens (primary N) is 1. The van der Waals surface area contributed by atoms with Gasteiger partial charge < -0.3 is 16.2 Å². The van der Waals surface area contributed by atoms with Crippen LogP contribution in [0.25, 0.3) is 0 Å². The molecule has 1 unspecified atom stereocenters. The summed E-state index contributed by atoms with van der Waals surface area (Å²) < 4.78 is 0. The molecule has 0 aromatic heterocycles. The highest BCUT2D eigenvalue weighted by atomic mass is 16.4. The topological polar surface area (TPSA) is 92.4 Å². The van der Waals surface area contributed by atoms with Gasteiger partial charge in [0.25, 0.3) is 0 Å². The molecular formula is C9H18N2O3. The Morgan fingerprint density at radius 1 is 1.43 bits per heavy atom. The van der Waals surface area contributed by atoms with Crippen LogP contribution in [-0.2, 0) is 9.59 Å². The van der Waals surface area contributed by atoms with Crippen LogP contribution < -0.4 is 11.1 Å². The first-order valence-electron chi connectivity index (χ1n) is 4.83. The quantitative estimate of drug-likeness (QED) is 0.510. The van der Waals surface area contributed by atoms with Gasteiger partial charge in [0.05, 0.1) is 0 Å². The van der Waals surface area contributed by atoms with Crippen molar-refractivity contribution < 1.29 is 14.7 Å². The molecule has 1 atom stereocenters. The first-order valence-corrected chi connectivity index (χ1v) is 4.83. The second kappa shape index (κ2) is 7.32. The van der Waals surface area contributed by atoms with Gasteiger partial charge in [0, 0.05) is 13.0 Å². The first-order chi connectivity index (χ1) is 6.57. The van der Waals surface area contributed by atoms with Crippen molar-refractivity contribution in [1.82, 2.24) is 5.32 Å². The molecule has 5 nitrogen and oxygen atoms in total. The van der Waals surface area contributed by atoms with E-state index in [-0.39, 0.29) is 12.5 Å². The maximum absolute atomic E-state index is 11.1. The molecular weight excluding hydrogens is 184 g/mol. The Balaban J connectivity index is 3.48. The van der Waals surface area contributed by atoms with E-state index in [0.29, 0.717) is 6.42 Å². The van der Waals surface area contributed by atoms with Gasteiger partial charge in [0.15, 0.2) is 0 Å². The van der Waals surface area contributed by atoms with Gasteiger partial charge in [-0.3, -0.25) is 9.59 Å². The Labute approximate surface area is 83.7 Å². The lowest BCUT2D eigenvalue weighted by Crippen LogP contribution is -2.42. The molecule has 0 aliphatic rings. The van der Waals surface area contributed by atoms with Gasteiger partial charge in [-0.1, -0.05) is 19.8 Å². The average molecular weight is 202 g/mol. The summed E-state index contributed by atoms with van der Waals surface area (Å²) in [5.41, 5.74) is 5.21. The summed E-state index contributed by atoms with van der Waals surface area (Å²) in [7, 11) is 0. The second-order valence-electron chi connectivity index (χ2n) is 3.21. The Morgan fingerprint density at radius 2 is 2.07 bits per heavy atom. The van der Waals surface area contributed by atoms with Crippen molar-refractivity contribution in [3.8, 4) is 0 Å². The normalized spacial score (nSPS) is 12.1. The number of carboxylic acids is 1. The molecule has 1 amide bonds. The standard InChI is InChI=1S/C9H18N2O3/c1-2-3-4-5-8(12)11-6-7(10)9(13)14/h7H,2-6,10H2,1H3,(H,11,12)(H,13,14). The van der Waals surface area contributed by atoms with Crippen LogP contribution >= 0.6 is 0 Å². The number of amides is 1. The number of nitrogens with one attached hydrogen (secondary N) is 1. The van der Waals surface area contributed by atoms with E-state index in [1.54, 1.807) is 0 Å². The maximum atomic E-state index is 11.1. The van der Waals surface area contributed by atoms with Crippen molar-refractivity contribution in [2.75, 3.05) is 6.54 Å². The summed E-state index contributed by atoms with van der Waals surface area (Å²) in [6.07, 6.45) is 3.35. The van der Waals surface area contributed by atoms with Crippen LogP contribution in [-0.4, -0.2) is 29.6 Å². The first kappa shape index (κ1) is 12.9. The number of unbranched alkanes of at least 4 members (excludes halogenated alkanes) is 2. The van der Waals surface area contributed by atoms with E-state index in [9.17, 15) is 9.59 Å². The third-order valence-corrected chi connectivity index (χ3v) is 1.84. The van der Waals surface area contributed by atoms with Crippen LogP contribution in [0, 0.1) is 0 Å². The summed E-state index contributed by atoms with van der Waals surface area (Å²) >= 11 is 0. The third kappa shape index (κ3) is 6.42. The van der Waals surface area contributed by atoms with Crippen LogP contribution in [0.5, 0.6) is 0 Å². The Hall–Kier alpha value is -1.10. The van der Waals surface area contributed by atoms with Crippen molar-refractivity contribution in [3.05, 3.63) is 0 Å². The van der Waals surface area contributed by atoms with Gasteiger partial charge in [0.2, 0.25) is 5.91 Å². The van der Waals surface area contributed by atoms with Gasteiger partial charge >= 0.3 is 5.97 Å². The highest BCUT2D eigenvalue weighted by Crippen LogP contribution is 1.97. The van der Waals surface area contributed by atoms with E-state index in [1.807, 2.05) is 0 Å². The Morgan fingerprint density at radius 3 is 2.57 bits per heavy atom. The van der Waals surface area contributed by atoms with E-state index in [0.717, 1.165) is 19.3 Å². The van der Waals surface area contributed by atoms with Gasteiger partial charge in [-0.15, -0.1) is 0 Å². The lowest BCUT2D eigenvalue weighted by Gasteiger charge is -2.07. The van der Waals surface area contributed by atoms with Gasteiger partial charge in [0.1, 0.15) is 6.04 Å². The summed E-state index contributed by atoms with van der Waals surface area (Å²) in [4.78, 5) is 21.4. The molecule has 0 spiro atoms. The van der Waals surface area contributed by atoms with Crippen LogP contribution in [0.2, 0.25) is 0 Å². The van der Waals surface area contributed by atoms with E-state index in [4.69, 9.17) is 10.8 Å². The number of carbonyl (C=O) groups is 2. The molecule has 0 aromatic rings. The summed E-state index contributed by atoms with van der Waals surface area (Å²) in [6.45, 7) is 2.05. The number of aliphatic carboxylic acids is 1. The highest BCUT2D eigenvalue weighted by Gasteiger charge is 2.11. The number of hydrogen-bond donors (Lipinski definition) is 3. The molecule has 14 heavy (non-hydrogen) atoms. The molecule has 82 valence electrons. The van der Waals surface area contributed by atoms with Crippen LogP contribution in [0.3, 0.4) is 0 Å². The van der Waals surface area contributed by atoms with E-state index in [2.05, 4.69) is 12.2 Å². The Kier molecular flexibility index (Phi) is 6.74. The predicted molar refractivity (Wildman–Crippen MR) is 52.8 cm³/mol. The van der Waals surface area contributed by atoms with E-state index in [1.165, 1.54) is 0 Å². The molecule has 0 saturated carbocycles. The molecule has 0 saturated heterocycles. The fourth-order valence-corrected chi connectivity index (χ4v) is 0.935. The zero-order valence-corrected chi connectivity index (χ0v) is 8.45. The van der Waals surface area contributed by atoms with Gasteiger partial charge in [-0.2, -0.15) is 0 Å². The largest absolute Gasteiger partial charge is 0.480 e. The predicted octanol–water partition coefficient (Wildman–Crippen LogP) is 0.0948. The van der Waals surface area contributed by atoms with Gasteiger partial charge in [-0.05, 0) is 6.42 Å². The number of rotatable bonds is 7. The minimum Gasteiger partial charge on any atom is -0.480 e. The summed E-state index contributed by atoms with van der Waals surface area (Å²) in [5, 5.41) is 10.9. The lowest BCUT2D eigenvalue weighted by atomic mass is 10.2. The van der Waals surface area contributed by atoms with Crippen LogP contribution in [0.1, 0.15) is 32.6 Å². The Bertz CT molecular complexity index is 194. The van der Waals surface area contributed by atoms with E-state index < -0.39 is 12.0 Å². The van der Waals surface area contributed by atoms with Gasteiger partial charge in [-0.25, -0.2) is 0 Å². The minimum atomic E-state index is -1.10. The number of hydrogen-bond acceptors (Lipinski definition) is 3. The second-order valence-corrected chi connectivity index (χ2v) is 3.21. The molecule has 0 bridgehead atoms. The van der Waals surface area contributed by atoms with Crippen molar-refractivity contribution in [2.45, 2.75) is 38.6 Å². The van der Waals surface area contributed by atoms with Crippen molar-refractivity contribution >= 4 is 11.9 Å². The molecule has 0 rings (SSSR count). The average Bonchev–Trinajstić information content (AvgIpc) is 2.14. The minimum absolute atomic E-state index is 0.000289. The number of carboxylic acid groups (broad SMARTS) is 1. The maximum Gasteiger partial charge on any atom is 0.322 e. The molecule has 0 aromatic carbocycles. The lowest BCUT2D eigenvalue weighted by molar-refractivity contribution is -0.138. The molecule has 5 heteroatoms. The molecule has 0 aliphatic heterocycles. The SMILES string of the molecule is CCCCCC(=O)NCC(N)C(=O)O. The molecule has 0 radical (unpaired) electrons. The number of carbonyl (C=O) groups excluding carboxylic acids is 1. The summed E-state index contributed by atoms with van der Waals surface area (Å²) in [5.74, 6) is -1.23. The molecule has 0 heterocycles. The van der Waals surface area contributed by atoms with E-state index >= 15 is 0 Å². The fourth-order valence-electron chi connectivity index (χ4n) is 0.935. The highest BCUT2D eigenvalue weighted by molar-refractivity contribution is 5.78. The fraction of sp³-hybridized carbons (Fsp3) is 0.778. The van der Waals surface area contributed by atoms with Crippen molar-refractivity contribution in [2.24, 2.45) is 5.73 Å². The van der Waals surface area contributed by atoms with Crippen LogP contribution in [0.4, 0.5) is 0 Å².